The number of hydrogen-bond acceptors (Lipinski definition) is 5. The molecular weight excluding hydrogens is 362 g/mol. The second-order valence-corrected chi connectivity index (χ2v) is 7.52. The number of pyridine rings is 2. The lowest BCUT2D eigenvalue weighted by Gasteiger charge is -2.21. The van der Waals surface area contributed by atoms with Gasteiger partial charge in [0.25, 0.3) is 0 Å². The second kappa shape index (κ2) is 9.16. The van der Waals surface area contributed by atoms with E-state index < -0.39 is 0 Å². The standard InChI is InChI=1S/C24H27N3O2/c1-17-12-19(13-18(2)23(17)29-16-21-7-3-4-10-26-21)14-27-22-8-11-28-24(22)20-6-5-9-25-15-20/h3-7,9-10,12-13,15,22,24,27H,8,11,14,16H2,1-2H3/t22-,24+/m0/s1. The lowest BCUT2D eigenvalue weighted by atomic mass is 10.0. The van der Waals surface area contributed by atoms with Crippen molar-refractivity contribution in [3.05, 3.63) is 89.0 Å². The van der Waals surface area contributed by atoms with Crippen LogP contribution < -0.4 is 10.1 Å². The first-order valence-electron chi connectivity index (χ1n) is 10.1. The molecule has 1 aromatic carbocycles. The van der Waals surface area contributed by atoms with Crippen LogP contribution in [-0.2, 0) is 17.9 Å². The topological polar surface area (TPSA) is 56.3 Å². The molecule has 150 valence electrons. The molecule has 29 heavy (non-hydrogen) atoms. The lowest BCUT2D eigenvalue weighted by molar-refractivity contribution is 0.0982. The third-order valence-corrected chi connectivity index (χ3v) is 5.28. The minimum absolute atomic E-state index is 0.0619. The van der Waals surface area contributed by atoms with Gasteiger partial charge in [0.05, 0.1) is 11.8 Å². The molecule has 3 aromatic rings. The van der Waals surface area contributed by atoms with Gasteiger partial charge in [0.15, 0.2) is 0 Å². The fourth-order valence-corrected chi connectivity index (χ4v) is 3.92. The van der Waals surface area contributed by atoms with Crippen molar-refractivity contribution in [2.75, 3.05) is 6.61 Å². The van der Waals surface area contributed by atoms with Crippen molar-refractivity contribution in [3.8, 4) is 5.75 Å². The van der Waals surface area contributed by atoms with Gasteiger partial charge in [-0.2, -0.15) is 0 Å². The summed E-state index contributed by atoms with van der Waals surface area (Å²) in [6.07, 6.45) is 6.55. The number of aryl methyl sites for hydroxylation is 2. The van der Waals surface area contributed by atoms with Crippen LogP contribution in [0.5, 0.6) is 5.75 Å². The number of aromatic nitrogens is 2. The number of hydrogen-bond donors (Lipinski definition) is 1. The Balaban J connectivity index is 1.39. The van der Waals surface area contributed by atoms with Crippen LogP contribution in [0.15, 0.2) is 61.1 Å². The van der Waals surface area contributed by atoms with Gasteiger partial charge in [-0.1, -0.05) is 24.3 Å². The van der Waals surface area contributed by atoms with Crippen molar-refractivity contribution in [1.82, 2.24) is 15.3 Å². The van der Waals surface area contributed by atoms with E-state index in [2.05, 4.69) is 47.3 Å². The van der Waals surface area contributed by atoms with Gasteiger partial charge < -0.3 is 14.8 Å². The van der Waals surface area contributed by atoms with Crippen LogP contribution in [-0.4, -0.2) is 22.6 Å². The van der Waals surface area contributed by atoms with Crippen LogP contribution in [0.2, 0.25) is 0 Å². The Bertz CT molecular complexity index is 908. The summed E-state index contributed by atoms with van der Waals surface area (Å²) >= 11 is 0. The van der Waals surface area contributed by atoms with E-state index in [0.717, 1.165) is 47.7 Å². The summed E-state index contributed by atoms with van der Waals surface area (Å²) in [6, 6.07) is 14.6. The first kappa shape index (κ1) is 19.6. The van der Waals surface area contributed by atoms with E-state index >= 15 is 0 Å². The average molecular weight is 389 g/mol. The highest BCUT2D eigenvalue weighted by atomic mass is 16.5. The fourth-order valence-electron chi connectivity index (χ4n) is 3.92. The van der Waals surface area contributed by atoms with Gasteiger partial charge in [0, 0.05) is 43.3 Å². The predicted octanol–water partition coefficient (Wildman–Crippen LogP) is 4.29. The van der Waals surface area contributed by atoms with Crippen molar-refractivity contribution >= 4 is 0 Å². The molecule has 0 unspecified atom stereocenters. The van der Waals surface area contributed by atoms with Gasteiger partial charge in [-0.05, 0) is 55.2 Å². The normalized spacial score (nSPS) is 18.7. The summed E-state index contributed by atoms with van der Waals surface area (Å²) < 4.78 is 12.0. The van der Waals surface area contributed by atoms with Gasteiger partial charge in [0.2, 0.25) is 0 Å². The molecule has 0 spiro atoms. The van der Waals surface area contributed by atoms with Crippen molar-refractivity contribution in [3.63, 3.8) is 0 Å². The molecule has 2 aromatic heterocycles. The molecular formula is C24H27N3O2. The van der Waals surface area contributed by atoms with Gasteiger partial charge in [-0.15, -0.1) is 0 Å². The smallest absolute Gasteiger partial charge is 0.130 e. The molecule has 4 rings (SSSR count). The van der Waals surface area contributed by atoms with E-state index in [-0.39, 0.29) is 6.10 Å². The molecule has 1 fully saturated rings. The zero-order valence-corrected chi connectivity index (χ0v) is 17.0. The summed E-state index contributed by atoms with van der Waals surface area (Å²) in [4.78, 5) is 8.55. The molecule has 0 saturated carbocycles. The van der Waals surface area contributed by atoms with E-state index in [4.69, 9.17) is 9.47 Å². The SMILES string of the molecule is Cc1cc(CN[C@H]2CCO[C@@H]2c2cccnc2)cc(C)c1OCc1ccccn1. The number of rotatable bonds is 7. The van der Waals surface area contributed by atoms with Crippen molar-refractivity contribution in [2.45, 2.75) is 45.6 Å². The quantitative estimate of drug-likeness (QED) is 0.653. The molecule has 0 aliphatic carbocycles. The minimum Gasteiger partial charge on any atom is -0.487 e. The Morgan fingerprint density at radius 2 is 1.97 bits per heavy atom. The van der Waals surface area contributed by atoms with Gasteiger partial charge in [0.1, 0.15) is 12.4 Å². The molecule has 0 amide bonds. The molecule has 1 aliphatic rings. The molecule has 0 bridgehead atoms. The maximum absolute atomic E-state index is 6.05. The largest absolute Gasteiger partial charge is 0.487 e. The molecule has 5 nitrogen and oxygen atoms in total. The maximum atomic E-state index is 6.05. The summed E-state index contributed by atoms with van der Waals surface area (Å²) in [5.74, 6) is 0.942. The van der Waals surface area contributed by atoms with E-state index in [1.165, 1.54) is 5.56 Å². The maximum Gasteiger partial charge on any atom is 0.130 e. The fraction of sp³-hybridized carbons (Fsp3) is 0.333. The highest BCUT2D eigenvalue weighted by Crippen LogP contribution is 2.30. The van der Waals surface area contributed by atoms with E-state index in [1.54, 1.807) is 12.4 Å². The van der Waals surface area contributed by atoms with E-state index in [0.29, 0.717) is 12.6 Å². The number of benzene rings is 1. The zero-order chi connectivity index (χ0) is 20.1. The minimum atomic E-state index is 0.0619. The predicted molar refractivity (Wildman–Crippen MR) is 113 cm³/mol. The van der Waals surface area contributed by atoms with Gasteiger partial charge in [-0.25, -0.2) is 0 Å². The first-order valence-corrected chi connectivity index (χ1v) is 10.1. The van der Waals surface area contributed by atoms with Gasteiger partial charge >= 0.3 is 0 Å². The Labute approximate surface area is 172 Å². The zero-order valence-electron chi connectivity index (χ0n) is 17.0. The van der Waals surface area contributed by atoms with Crippen LogP contribution in [0.3, 0.4) is 0 Å². The van der Waals surface area contributed by atoms with Crippen LogP contribution in [0, 0.1) is 13.8 Å². The molecule has 1 aliphatic heterocycles. The van der Waals surface area contributed by atoms with Crippen LogP contribution in [0.4, 0.5) is 0 Å². The second-order valence-electron chi connectivity index (χ2n) is 7.52. The summed E-state index contributed by atoms with van der Waals surface area (Å²) in [5, 5.41) is 3.67. The highest BCUT2D eigenvalue weighted by molar-refractivity contribution is 5.43. The number of nitrogens with zero attached hydrogens (tertiary/aromatic N) is 2. The van der Waals surface area contributed by atoms with E-state index in [1.807, 2.05) is 30.5 Å². The van der Waals surface area contributed by atoms with Crippen LogP contribution in [0.25, 0.3) is 0 Å². The Morgan fingerprint density at radius 3 is 2.69 bits per heavy atom. The third-order valence-electron chi connectivity index (χ3n) is 5.28. The number of ether oxygens (including phenoxy) is 2. The van der Waals surface area contributed by atoms with Crippen LogP contribution in [0.1, 0.15) is 40.5 Å². The Hall–Kier alpha value is -2.76. The molecule has 2 atom stereocenters. The molecule has 5 heteroatoms. The third kappa shape index (κ3) is 4.81. The van der Waals surface area contributed by atoms with Crippen molar-refractivity contribution in [1.29, 1.82) is 0 Å². The Kier molecular flexibility index (Phi) is 6.17. The first-order chi connectivity index (χ1) is 14.2. The highest BCUT2D eigenvalue weighted by Gasteiger charge is 2.29. The number of nitrogens with one attached hydrogen (secondary N) is 1. The molecule has 1 N–H and O–H groups in total. The Morgan fingerprint density at radius 1 is 1.10 bits per heavy atom. The summed E-state index contributed by atoms with van der Waals surface area (Å²) in [5.41, 5.74) is 5.60. The molecule has 3 heterocycles. The lowest BCUT2D eigenvalue weighted by Crippen LogP contribution is -2.31. The summed E-state index contributed by atoms with van der Waals surface area (Å²) in [6.45, 7) is 6.25. The monoisotopic (exact) mass is 389 g/mol. The average Bonchev–Trinajstić information content (AvgIpc) is 3.22. The molecule has 1 saturated heterocycles. The van der Waals surface area contributed by atoms with Crippen molar-refractivity contribution < 1.29 is 9.47 Å². The summed E-state index contributed by atoms with van der Waals surface area (Å²) in [7, 11) is 0. The molecule has 0 radical (unpaired) electrons. The van der Waals surface area contributed by atoms with Crippen molar-refractivity contribution in [2.24, 2.45) is 0 Å². The van der Waals surface area contributed by atoms with Gasteiger partial charge in [-0.3, -0.25) is 9.97 Å². The van der Waals surface area contributed by atoms with E-state index in [9.17, 15) is 0 Å². The van der Waals surface area contributed by atoms with Crippen LogP contribution >= 0.6 is 0 Å².